The lowest BCUT2D eigenvalue weighted by Gasteiger charge is -2.49. The number of carbonyl (C=O) groups is 2. The second-order valence-corrected chi connectivity index (χ2v) is 10.6. The summed E-state index contributed by atoms with van der Waals surface area (Å²) in [6, 6.07) is 6.34. The van der Waals surface area contributed by atoms with Crippen molar-refractivity contribution in [3.8, 4) is 0 Å². The minimum atomic E-state index is -2.92. The van der Waals surface area contributed by atoms with E-state index >= 15 is 0 Å². The molecule has 3 atom stereocenters. The van der Waals surface area contributed by atoms with Gasteiger partial charge in [-0.1, -0.05) is 6.07 Å². The number of hydrogen-bond acceptors (Lipinski definition) is 7. The molecular formula is C23H27BrF2N4O4S. The van der Waals surface area contributed by atoms with E-state index in [1.165, 1.54) is 6.20 Å². The van der Waals surface area contributed by atoms with Gasteiger partial charge in [-0.05, 0) is 30.0 Å². The fraction of sp³-hybridized carbons (Fsp3) is 0.565. The summed E-state index contributed by atoms with van der Waals surface area (Å²) in [6.45, 7) is 1.48. The molecule has 0 spiro atoms. The molecule has 2 unspecified atom stereocenters. The standard InChI is InChI=1S/C23H26F2N4O4S.BrH/c24-22(25)8-5-16(13-22)23(32,18-3-2-12-34-18)20(30)33-17-14-29(10-6-15(17)7-11-29)21(31)27-19-4-1-9-26-28-19;/h1-4,9,12,15-17,32H,5-8,10-11,13-14H2;1H/t15?,16?,17?,23-,29?;/m0./s1. The third-order valence-electron chi connectivity index (χ3n) is 7.61. The van der Waals surface area contributed by atoms with Crippen molar-refractivity contribution in [3.63, 3.8) is 0 Å². The van der Waals surface area contributed by atoms with Gasteiger partial charge in [0.05, 0.1) is 13.1 Å². The summed E-state index contributed by atoms with van der Waals surface area (Å²) in [5, 5.41) is 23.7. The largest absolute Gasteiger partial charge is 1.00 e. The number of esters is 1. The number of halogens is 3. The molecule has 12 heteroatoms. The Labute approximate surface area is 216 Å². The van der Waals surface area contributed by atoms with Crippen LogP contribution in [0.1, 0.15) is 37.0 Å². The number of hydrogen-bond donors (Lipinski definition) is 2. The van der Waals surface area contributed by atoms with Crippen LogP contribution in [0.4, 0.5) is 19.4 Å². The van der Waals surface area contributed by atoms with Crippen molar-refractivity contribution in [1.29, 1.82) is 0 Å². The Morgan fingerprint density at radius 1 is 1.23 bits per heavy atom. The molecule has 2 aromatic heterocycles. The fourth-order valence-electron chi connectivity index (χ4n) is 5.64. The van der Waals surface area contributed by atoms with E-state index in [2.05, 4.69) is 15.5 Å². The van der Waals surface area contributed by atoms with Gasteiger partial charge in [0.15, 0.2) is 17.5 Å². The minimum absolute atomic E-state index is 0. The third kappa shape index (κ3) is 4.85. The van der Waals surface area contributed by atoms with Crippen LogP contribution in [0.5, 0.6) is 0 Å². The van der Waals surface area contributed by atoms with Crippen molar-refractivity contribution in [2.45, 2.75) is 49.7 Å². The summed E-state index contributed by atoms with van der Waals surface area (Å²) in [7, 11) is 0. The van der Waals surface area contributed by atoms with Gasteiger partial charge in [-0.3, -0.25) is 5.32 Å². The number of nitrogens with zero attached hydrogens (tertiary/aromatic N) is 3. The van der Waals surface area contributed by atoms with Crippen LogP contribution in [0.25, 0.3) is 0 Å². The van der Waals surface area contributed by atoms with Gasteiger partial charge in [0, 0.05) is 48.6 Å². The zero-order chi connectivity index (χ0) is 24.0. The van der Waals surface area contributed by atoms with Crippen molar-refractivity contribution in [1.82, 2.24) is 10.2 Å². The smallest absolute Gasteiger partial charge is 0.422 e. The molecule has 3 saturated heterocycles. The van der Waals surface area contributed by atoms with E-state index in [1.54, 1.807) is 29.6 Å². The number of carbonyl (C=O) groups excluding carboxylic acids is 2. The van der Waals surface area contributed by atoms with Crippen molar-refractivity contribution in [2.75, 3.05) is 25.0 Å². The Kier molecular flexibility index (Phi) is 7.29. The number of alkyl halides is 2. The quantitative estimate of drug-likeness (QED) is 0.401. The maximum Gasteiger partial charge on any atom is 0.422 e. The van der Waals surface area contributed by atoms with E-state index in [4.69, 9.17) is 4.74 Å². The van der Waals surface area contributed by atoms with Crippen LogP contribution in [-0.4, -0.2) is 63.4 Å². The molecule has 6 rings (SSSR count). The summed E-state index contributed by atoms with van der Waals surface area (Å²) in [5.41, 5.74) is -2.13. The molecule has 3 aliphatic heterocycles. The predicted molar refractivity (Wildman–Crippen MR) is 119 cm³/mol. The van der Waals surface area contributed by atoms with Crippen LogP contribution in [-0.2, 0) is 15.1 Å². The van der Waals surface area contributed by atoms with E-state index in [9.17, 15) is 23.5 Å². The molecule has 2 amide bonds. The van der Waals surface area contributed by atoms with Gasteiger partial charge >= 0.3 is 12.0 Å². The zero-order valence-corrected chi connectivity index (χ0v) is 21.3. The van der Waals surface area contributed by atoms with E-state index in [0.717, 1.165) is 11.3 Å². The average Bonchev–Trinajstić information content (AvgIpc) is 3.50. The summed E-state index contributed by atoms with van der Waals surface area (Å²) >= 11 is 1.15. The molecular weight excluding hydrogens is 546 g/mol. The molecule has 2 aromatic rings. The van der Waals surface area contributed by atoms with Crippen LogP contribution in [0.2, 0.25) is 0 Å². The molecule has 4 aliphatic rings. The van der Waals surface area contributed by atoms with Crippen molar-refractivity contribution in [3.05, 3.63) is 40.7 Å². The fourth-order valence-corrected chi connectivity index (χ4v) is 6.53. The number of anilines is 1. The number of aromatic nitrogens is 2. The molecule has 8 nitrogen and oxygen atoms in total. The highest BCUT2D eigenvalue weighted by Gasteiger charge is 2.58. The number of ether oxygens (including phenoxy) is 1. The Bertz CT molecular complexity index is 1050. The number of nitrogens with one attached hydrogen (secondary N) is 1. The summed E-state index contributed by atoms with van der Waals surface area (Å²) in [4.78, 5) is 26.9. The summed E-state index contributed by atoms with van der Waals surface area (Å²) < 4.78 is 34.0. The third-order valence-corrected chi connectivity index (χ3v) is 8.60. The van der Waals surface area contributed by atoms with Gasteiger partial charge < -0.3 is 26.8 Å². The first-order valence-corrected chi connectivity index (χ1v) is 12.4. The maximum absolute atomic E-state index is 14.0. The minimum Gasteiger partial charge on any atom is -1.00 e. The first kappa shape index (κ1) is 26.1. The first-order chi connectivity index (χ1) is 16.2. The second-order valence-electron chi connectivity index (χ2n) is 9.63. The second kappa shape index (κ2) is 9.79. The predicted octanol–water partition coefficient (Wildman–Crippen LogP) is 0.549. The molecule has 2 bridgehead atoms. The topological polar surface area (TPSA) is 101 Å². The van der Waals surface area contributed by atoms with E-state index in [1.807, 2.05) is 0 Å². The molecule has 1 aliphatic carbocycles. The van der Waals surface area contributed by atoms with E-state index < -0.39 is 35.9 Å². The van der Waals surface area contributed by atoms with Gasteiger partial charge in [-0.25, -0.2) is 22.9 Å². The van der Waals surface area contributed by atoms with Crippen LogP contribution in [0.3, 0.4) is 0 Å². The number of urea groups is 1. The number of thiophene rings is 1. The number of fused-ring (bicyclic) bond motifs is 3. The molecule has 0 aromatic carbocycles. The molecule has 4 fully saturated rings. The highest BCUT2D eigenvalue weighted by Crippen LogP contribution is 2.49. The van der Waals surface area contributed by atoms with E-state index in [0.29, 0.717) is 36.6 Å². The SMILES string of the molecule is O=C(OC1C[N+]2(C(=O)Nc3cccnn3)CCC1CC2)[C@@](O)(c1cccs1)C1CCC(F)(F)C1.[Br-]. The van der Waals surface area contributed by atoms with E-state index in [-0.39, 0.29) is 52.8 Å². The van der Waals surface area contributed by atoms with Gasteiger partial charge in [0.25, 0.3) is 0 Å². The lowest BCUT2D eigenvalue weighted by Crippen LogP contribution is -3.00. The van der Waals surface area contributed by atoms with Crippen LogP contribution in [0, 0.1) is 11.8 Å². The van der Waals surface area contributed by atoms with Gasteiger partial charge in [-0.2, -0.15) is 5.10 Å². The molecule has 1 saturated carbocycles. The first-order valence-electron chi connectivity index (χ1n) is 11.5. The van der Waals surface area contributed by atoms with Gasteiger partial charge in [-0.15, -0.1) is 16.4 Å². The molecule has 0 radical (unpaired) electrons. The molecule has 35 heavy (non-hydrogen) atoms. The number of amides is 2. The van der Waals surface area contributed by atoms with Gasteiger partial charge in [0.1, 0.15) is 6.54 Å². The van der Waals surface area contributed by atoms with Crippen molar-refractivity contribution < 1.29 is 49.7 Å². The number of quaternary nitrogens is 1. The Balaban J connectivity index is 0.00000289. The number of aliphatic hydroxyl groups is 1. The van der Waals surface area contributed by atoms with Crippen LogP contribution in [0.15, 0.2) is 35.8 Å². The van der Waals surface area contributed by atoms with Crippen molar-refractivity contribution >= 4 is 29.2 Å². The normalized spacial score (nSPS) is 30.7. The lowest BCUT2D eigenvalue weighted by atomic mass is 9.82. The summed E-state index contributed by atoms with van der Waals surface area (Å²) in [6.07, 6.45) is 1.40. The monoisotopic (exact) mass is 572 g/mol. The highest BCUT2D eigenvalue weighted by atomic mass is 79.9. The average molecular weight is 573 g/mol. The summed E-state index contributed by atoms with van der Waals surface area (Å²) in [5.74, 6) is -4.34. The highest BCUT2D eigenvalue weighted by molar-refractivity contribution is 7.10. The van der Waals surface area contributed by atoms with Gasteiger partial charge in [0.2, 0.25) is 5.92 Å². The van der Waals surface area contributed by atoms with Crippen molar-refractivity contribution in [2.24, 2.45) is 11.8 Å². The molecule has 2 N–H and O–H groups in total. The molecule has 5 heterocycles. The molecule has 190 valence electrons. The lowest BCUT2D eigenvalue weighted by molar-refractivity contribution is -0.869. The number of rotatable bonds is 5. The maximum atomic E-state index is 14.0. The van der Waals surface area contributed by atoms with Crippen LogP contribution >= 0.6 is 11.3 Å². The van der Waals surface area contributed by atoms with Crippen LogP contribution < -0.4 is 22.3 Å². The Hall–Kier alpha value is -2.02. The Morgan fingerprint density at radius 3 is 2.60 bits per heavy atom. The Morgan fingerprint density at radius 2 is 2.00 bits per heavy atom. The zero-order valence-electron chi connectivity index (χ0n) is 18.9. The number of piperidine rings is 3.